The minimum absolute atomic E-state index is 0.0898. The third-order valence-electron chi connectivity index (χ3n) is 2.97. The lowest BCUT2D eigenvalue weighted by Gasteiger charge is -2.16. The first-order valence-electron chi connectivity index (χ1n) is 6.32. The van der Waals surface area contributed by atoms with Gasteiger partial charge in [-0.15, -0.1) is 0 Å². The van der Waals surface area contributed by atoms with E-state index in [4.69, 9.17) is 5.84 Å². The van der Waals surface area contributed by atoms with Crippen molar-refractivity contribution in [3.05, 3.63) is 44.9 Å². The van der Waals surface area contributed by atoms with Gasteiger partial charge < -0.3 is 0 Å². The van der Waals surface area contributed by atoms with Crippen LogP contribution in [-0.2, 0) is 6.42 Å². The number of rotatable bonds is 5. The summed E-state index contributed by atoms with van der Waals surface area (Å²) in [7, 11) is 0. The SMILES string of the molecule is CC(C)n1ccc(CC(NN)c2ncc(Br)cc2Br)n1. The molecule has 5 nitrogen and oxygen atoms in total. The van der Waals surface area contributed by atoms with Crippen LogP contribution < -0.4 is 11.3 Å². The first kappa shape index (κ1) is 15.6. The zero-order chi connectivity index (χ0) is 14.7. The molecule has 0 saturated heterocycles. The summed E-state index contributed by atoms with van der Waals surface area (Å²) in [4.78, 5) is 4.42. The maximum absolute atomic E-state index is 5.67. The third-order valence-corrected chi connectivity index (χ3v) is 4.04. The van der Waals surface area contributed by atoms with Crippen LogP contribution in [0.25, 0.3) is 0 Å². The summed E-state index contributed by atoms with van der Waals surface area (Å²) in [6.07, 6.45) is 4.43. The van der Waals surface area contributed by atoms with Gasteiger partial charge in [-0.3, -0.25) is 20.9 Å². The van der Waals surface area contributed by atoms with Crippen molar-refractivity contribution in [2.75, 3.05) is 0 Å². The summed E-state index contributed by atoms with van der Waals surface area (Å²) >= 11 is 6.91. The molecule has 0 aliphatic heterocycles. The van der Waals surface area contributed by atoms with Crippen molar-refractivity contribution < 1.29 is 0 Å². The number of nitrogens with one attached hydrogen (secondary N) is 1. The maximum Gasteiger partial charge on any atom is 0.0733 e. The highest BCUT2D eigenvalue weighted by atomic mass is 79.9. The molecule has 2 aromatic heterocycles. The predicted molar refractivity (Wildman–Crippen MR) is 86.0 cm³/mol. The van der Waals surface area contributed by atoms with E-state index in [1.54, 1.807) is 6.20 Å². The highest BCUT2D eigenvalue weighted by molar-refractivity contribution is 9.11. The van der Waals surface area contributed by atoms with E-state index in [0.717, 1.165) is 20.3 Å². The van der Waals surface area contributed by atoms with Crippen molar-refractivity contribution in [1.29, 1.82) is 0 Å². The van der Waals surface area contributed by atoms with Gasteiger partial charge in [0.2, 0.25) is 0 Å². The fourth-order valence-electron chi connectivity index (χ4n) is 1.90. The van der Waals surface area contributed by atoms with Crippen LogP contribution >= 0.6 is 31.9 Å². The van der Waals surface area contributed by atoms with Gasteiger partial charge in [-0.1, -0.05) is 0 Å². The fourth-order valence-corrected chi connectivity index (χ4v) is 3.16. The Morgan fingerprint density at radius 1 is 1.40 bits per heavy atom. The fraction of sp³-hybridized carbons (Fsp3) is 0.385. The molecule has 0 aliphatic carbocycles. The summed E-state index contributed by atoms with van der Waals surface area (Å²) in [5, 5.41) is 4.54. The standard InChI is InChI=1S/C13H17Br2N5/c1-8(2)20-4-3-10(19-20)6-12(18-16)13-11(15)5-9(14)7-17-13/h3-5,7-8,12,18H,6,16H2,1-2H3. The second-order valence-electron chi connectivity index (χ2n) is 4.82. The molecular formula is C13H17Br2N5. The average molecular weight is 403 g/mol. The Hall–Kier alpha value is -0.760. The molecule has 0 aliphatic rings. The molecule has 0 saturated carbocycles. The van der Waals surface area contributed by atoms with Gasteiger partial charge in [-0.05, 0) is 57.8 Å². The van der Waals surface area contributed by atoms with Crippen molar-refractivity contribution in [1.82, 2.24) is 20.2 Å². The predicted octanol–water partition coefficient (Wildman–Crippen LogP) is 3.13. The van der Waals surface area contributed by atoms with Gasteiger partial charge in [0.25, 0.3) is 0 Å². The van der Waals surface area contributed by atoms with E-state index in [-0.39, 0.29) is 6.04 Å². The summed E-state index contributed by atoms with van der Waals surface area (Å²) in [6, 6.07) is 4.23. The van der Waals surface area contributed by atoms with Crippen molar-refractivity contribution in [3.63, 3.8) is 0 Å². The van der Waals surface area contributed by atoms with E-state index in [0.29, 0.717) is 12.5 Å². The molecule has 2 aromatic rings. The van der Waals surface area contributed by atoms with Gasteiger partial charge in [0, 0.05) is 33.8 Å². The van der Waals surface area contributed by atoms with E-state index >= 15 is 0 Å². The molecule has 108 valence electrons. The van der Waals surface area contributed by atoms with E-state index in [1.165, 1.54) is 0 Å². The van der Waals surface area contributed by atoms with Gasteiger partial charge in [0.15, 0.2) is 0 Å². The number of hydrogen-bond donors (Lipinski definition) is 2. The Balaban J connectivity index is 2.19. The second-order valence-corrected chi connectivity index (χ2v) is 6.59. The largest absolute Gasteiger partial charge is 0.271 e. The Labute approximate surface area is 135 Å². The van der Waals surface area contributed by atoms with Crippen LogP contribution in [0.1, 0.15) is 37.3 Å². The average Bonchev–Trinajstić information content (AvgIpc) is 2.85. The Morgan fingerprint density at radius 2 is 2.15 bits per heavy atom. The minimum Gasteiger partial charge on any atom is -0.271 e. The van der Waals surface area contributed by atoms with Crippen molar-refractivity contribution in [2.45, 2.75) is 32.4 Å². The quantitative estimate of drug-likeness (QED) is 0.595. The van der Waals surface area contributed by atoms with Crippen molar-refractivity contribution in [3.8, 4) is 0 Å². The maximum atomic E-state index is 5.67. The number of hydrazine groups is 1. The first-order chi connectivity index (χ1) is 9.51. The molecule has 7 heteroatoms. The Morgan fingerprint density at radius 3 is 2.70 bits per heavy atom. The Bertz CT molecular complexity index is 582. The second kappa shape index (κ2) is 6.80. The molecule has 0 aromatic carbocycles. The van der Waals surface area contributed by atoms with Gasteiger partial charge in [0.05, 0.1) is 17.4 Å². The molecule has 0 amide bonds. The summed E-state index contributed by atoms with van der Waals surface area (Å²) < 4.78 is 3.78. The van der Waals surface area contributed by atoms with Crippen LogP contribution in [0.3, 0.4) is 0 Å². The van der Waals surface area contributed by atoms with Gasteiger partial charge >= 0.3 is 0 Å². The Kier molecular flexibility index (Phi) is 5.31. The van der Waals surface area contributed by atoms with Crippen LogP contribution in [0, 0.1) is 0 Å². The molecule has 0 fully saturated rings. The number of halogens is 2. The lowest BCUT2D eigenvalue weighted by molar-refractivity contribution is 0.501. The summed E-state index contributed by atoms with van der Waals surface area (Å²) in [5.41, 5.74) is 4.66. The van der Waals surface area contributed by atoms with E-state index in [9.17, 15) is 0 Å². The van der Waals surface area contributed by atoms with Gasteiger partial charge in [-0.2, -0.15) is 5.10 Å². The number of aromatic nitrogens is 3. The monoisotopic (exact) mass is 401 g/mol. The van der Waals surface area contributed by atoms with Crippen LogP contribution in [0.2, 0.25) is 0 Å². The van der Waals surface area contributed by atoms with Crippen molar-refractivity contribution in [2.24, 2.45) is 5.84 Å². The molecule has 2 rings (SSSR count). The molecule has 0 radical (unpaired) electrons. The highest BCUT2D eigenvalue weighted by Gasteiger charge is 2.17. The zero-order valence-corrected chi connectivity index (χ0v) is 14.5. The van der Waals surface area contributed by atoms with Crippen LogP contribution in [-0.4, -0.2) is 14.8 Å². The lowest BCUT2D eigenvalue weighted by Crippen LogP contribution is -2.30. The normalized spacial score (nSPS) is 12.9. The molecule has 0 bridgehead atoms. The molecular weight excluding hydrogens is 386 g/mol. The van der Waals surface area contributed by atoms with Gasteiger partial charge in [-0.25, -0.2) is 0 Å². The van der Waals surface area contributed by atoms with Crippen molar-refractivity contribution >= 4 is 31.9 Å². The smallest absolute Gasteiger partial charge is 0.0733 e. The third kappa shape index (κ3) is 3.66. The zero-order valence-electron chi connectivity index (χ0n) is 11.3. The van der Waals surface area contributed by atoms with E-state index in [1.807, 2.05) is 23.0 Å². The van der Waals surface area contributed by atoms with Crippen LogP contribution in [0.4, 0.5) is 0 Å². The minimum atomic E-state index is -0.0898. The molecule has 1 atom stereocenters. The summed E-state index contributed by atoms with van der Waals surface area (Å²) in [6.45, 7) is 4.20. The number of nitrogens with zero attached hydrogens (tertiary/aromatic N) is 3. The number of hydrogen-bond acceptors (Lipinski definition) is 4. The molecule has 0 spiro atoms. The molecule has 1 unspecified atom stereocenters. The molecule has 3 N–H and O–H groups in total. The summed E-state index contributed by atoms with van der Waals surface area (Å²) in [5.74, 6) is 5.67. The van der Waals surface area contributed by atoms with Crippen LogP contribution in [0.15, 0.2) is 33.5 Å². The number of nitrogens with two attached hydrogens (primary N) is 1. The van der Waals surface area contributed by atoms with E-state index < -0.39 is 0 Å². The number of pyridine rings is 1. The van der Waals surface area contributed by atoms with Crippen LogP contribution in [0.5, 0.6) is 0 Å². The van der Waals surface area contributed by atoms with E-state index in [2.05, 4.69) is 61.2 Å². The molecule has 20 heavy (non-hydrogen) atoms. The topological polar surface area (TPSA) is 68.8 Å². The first-order valence-corrected chi connectivity index (χ1v) is 7.91. The molecule has 2 heterocycles. The highest BCUT2D eigenvalue weighted by Crippen LogP contribution is 2.26. The lowest BCUT2D eigenvalue weighted by atomic mass is 10.1. The van der Waals surface area contributed by atoms with Gasteiger partial charge in [0.1, 0.15) is 0 Å².